The molecule has 0 aliphatic carbocycles. The predicted molar refractivity (Wildman–Crippen MR) is 65.1 cm³/mol. The van der Waals surface area contributed by atoms with E-state index in [-0.39, 0.29) is 0 Å². The standard InChI is InChI=1S/C12H19ClN2/c1-4-9(2)7-12(14-3)11-6-5-10(13)8-15-11/h5-6,8-9,12,14H,4,7H2,1-3H3. The van der Waals surface area contributed by atoms with Crippen LogP contribution in [0.4, 0.5) is 0 Å². The summed E-state index contributed by atoms with van der Waals surface area (Å²) in [4.78, 5) is 4.34. The van der Waals surface area contributed by atoms with Crippen molar-refractivity contribution in [1.29, 1.82) is 0 Å². The summed E-state index contributed by atoms with van der Waals surface area (Å²) >= 11 is 5.81. The summed E-state index contributed by atoms with van der Waals surface area (Å²) in [6.07, 6.45) is 4.02. The van der Waals surface area contributed by atoms with E-state index >= 15 is 0 Å². The highest BCUT2D eigenvalue weighted by molar-refractivity contribution is 6.30. The lowest BCUT2D eigenvalue weighted by atomic mass is 9.97. The van der Waals surface area contributed by atoms with Gasteiger partial charge < -0.3 is 5.32 Å². The summed E-state index contributed by atoms with van der Waals surface area (Å²) in [7, 11) is 1.98. The van der Waals surface area contributed by atoms with E-state index in [0.29, 0.717) is 17.0 Å². The highest BCUT2D eigenvalue weighted by atomic mass is 35.5. The minimum absolute atomic E-state index is 0.331. The third-order valence-electron chi connectivity index (χ3n) is 2.79. The molecular weight excluding hydrogens is 208 g/mol. The fourth-order valence-electron chi connectivity index (χ4n) is 1.55. The number of nitrogens with zero attached hydrogens (tertiary/aromatic N) is 1. The van der Waals surface area contributed by atoms with Gasteiger partial charge in [0.25, 0.3) is 0 Å². The molecule has 0 bridgehead atoms. The average molecular weight is 227 g/mol. The molecule has 2 unspecified atom stereocenters. The summed E-state index contributed by atoms with van der Waals surface area (Å²) in [5, 5.41) is 3.99. The molecule has 1 heterocycles. The van der Waals surface area contributed by atoms with Crippen LogP contribution in [0.3, 0.4) is 0 Å². The zero-order chi connectivity index (χ0) is 11.3. The topological polar surface area (TPSA) is 24.9 Å². The summed E-state index contributed by atoms with van der Waals surface area (Å²) in [5.41, 5.74) is 1.07. The SMILES string of the molecule is CCC(C)CC(NC)c1ccc(Cl)cn1. The molecule has 1 aromatic rings. The Morgan fingerprint density at radius 3 is 2.67 bits per heavy atom. The Kier molecular flexibility index (Phi) is 5.06. The molecule has 84 valence electrons. The quantitative estimate of drug-likeness (QED) is 0.832. The van der Waals surface area contributed by atoms with E-state index < -0.39 is 0 Å². The van der Waals surface area contributed by atoms with Crippen molar-refractivity contribution in [3.8, 4) is 0 Å². The number of hydrogen-bond acceptors (Lipinski definition) is 2. The van der Waals surface area contributed by atoms with Crippen LogP contribution in [-0.4, -0.2) is 12.0 Å². The molecule has 0 aromatic carbocycles. The Morgan fingerprint density at radius 2 is 2.20 bits per heavy atom. The van der Waals surface area contributed by atoms with E-state index in [4.69, 9.17) is 11.6 Å². The molecule has 0 saturated carbocycles. The molecular formula is C12H19ClN2. The van der Waals surface area contributed by atoms with E-state index in [0.717, 1.165) is 12.1 Å². The zero-order valence-electron chi connectivity index (χ0n) is 9.63. The van der Waals surface area contributed by atoms with Crippen molar-refractivity contribution in [2.24, 2.45) is 5.92 Å². The predicted octanol–water partition coefficient (Wildman–Crippen LogP) is 3.43. The largest absolute Gasteiger partial charge is 0.312 e. The molecule has 15 heavy (non-hydrogen) atoms. The van der Waals surface area contributed by atoms with Crippen LogP contribution in [0.2, 0.25) is 5.02 Å². The minimum Gasteiger partial charge on any atom is -0.312 e. The van der Waals surface area contributed by atoms with Crippen molar-refractivity contribution < 1.29 is 0 Å². The van der Waals surface area contributed by atoms with Gasteiger partial charge in [0.1, 0.15) is 0 Å². The maximum atomic E-state index is 5.81. The van der Waals surface area contributed by atoms with Gasteiger partial charge >= 0.3 is 0 Å². The lowest BCUT2D eigenvalue weighted by molar-refractivity contribution is 0.416. The molecule has 0 amide bonds. The lowest BCUT2D eigenvalue weighted by Gasteiger charge is -2.19. The molecule has 1 aromatic heterocycles. The summed E-state index contributed by atoms with van der Waals surface area (Å²) < 4.78 is 0. The molecule has 0 aliphatic heterocycles. The fourth-order valence-corrected chi connectivity index (χ4v) is 1.66. The van der Waals surface area contributed by atoms with E-state index in [1.54, 1.807) is 6.20 Å². The Labute approximate surface area is 97.1 Å². The van der Waals surface area contributed by atoms with Crippen LogP contribution in [0.5, 0.6) is 0 Å². The number of hydrogen-bond donors (Lipinski definition) is 1. The second kappa shape index (κ2) is 6.09. The van der Waals surface area contributed by atoms with E-state index in [9.17, 15) is 0 Å². The molecule has 0 spiro atoms. The van der Waals surface area contributed by atoms with Crippen LogP contribution in [0, 0.1) is 5.92 Å². The second-order valence-corrected chi connectivity index (χ2v) is 4.43. The van der Waals surface area contributed by atoms with Gasteiger partial charge in [-0.2, -0.15) is 0 Å². The van der Waals surface area contributed by atoms with Crippen molar-refractivity contribution in [3.05, 3.63) is 29.0 Å². The van der Waals surface area contributed by atoms with Crippen LogP contribution in [0.15, 0.2) is 18.3 Å². The van der Waals surface area contributed by atoms with Gasteiger partial charge in [-0.3, -0.25) is 4.98 Å². The fraction of sp³-hybridized carbons (Fsp3) is 0.583. The average Bonchev–Trinajstić information content (AvgIpc) is 2.27. The molecule has 0 fully saturated rings. The summed E-state index contributed by atoms with van der Waals surface area (Å²) in [5.74, 6) is 0.708. The van der Waals surface area contributed by atoms with Crippen molar-refractivity contribution in [1.82, 2.24) is 10.3 Å². The molecule has 3 heteroatoms. The number of halogens is 1. The van der Waals surface area contributed by atoms with Gasteiger partial charge in [-0.1, -0.05) is 31.9 Å². The smallest absolute Gasteiger partial charge is 0.0589 e. The molecule has 2 nitrogen and oxygen atoms in total. The minimum atomic E-state index is 0.331. The first-order valence-electron chi connectivity index (χ1n) is 5.46. The first-order chi connectivity index (χ1) is 7.17. The zero-order valence-corrected chi connectivity index (χ0v) is 10.4. The summed E-state index contributed by atoms with van der Waals surface area (Å²) in [6, 6.07) is 4.22. The van der Waals surface area contributed by atoms with Crippen LogP contribution in [0.25, 0.3) is 0 Å². The molecule has 0 radical (unpaired) electrons. The van der Waals surface area contributed by atoms with Gasteiger partial charge in [-0.15, -0.1) is 0 Å². The number of pyridine rings is 1. The third kappa shape index (κ3) is 3.80. The molecule has 1 N–H and O–H groups in total. The first kappa shape index (κ1) is 12.5. The van der Waals surface area contributed by atoms with Crippen LogP contribution in [0.1, 0.15) is 38.4 Å². The Morgan fingerprint density at radius 1 is 1.47 bits per heavy atom. The van der Waals surface area contributed by atoms with E-state index in [2.05, 4.69) is 24.1 Å². The van der Waals surface area contributed by atoms with Gasteiger partial charge in [-0.25, -0.2) is 0 Å². The maximum Gasteiger partial charge on any atom is 0.0589 e. The van der Waals surface area contributed by atoms with Gasteiger partial charge in [0.2, 0.25) is 0 Å². The van der Waals surface area contributed by atoms with Gasteiger partial charge in [0, 0.05) is 12.2 Å². The van der Waals surface area contributed by atoms with Crippen molar-refractivity contribution in [3.63, 3.8) is 0 Å². The molecule has 0 aliphatic rings. The highest BCUT2D eigenvalue weighted by Gasteiger charge is 2.13. The van der Waals surface area contributed by atoms with Crippen LogP contribution >= 0.6 is 11.6 Å². The van der Waals surface area contributed by atoms with E-state index in [1.807, 2.05) is 19.2 Å². The Balaban J connectivity index is 2.69. The Bertz CT molecular complexity index is 284. The van der Waals surface area contributed by atoms with Gasteiger partial charge in [-0.05, 0) is 31.5 Å². The van der Waals surface area contributed by atoms with Crippen molar-refractivity contribution >= 4 is 11.6 Å². The normalized spacial score (nSPS) is 14.9. The Hall–Kier alpha value is -0.600. The number of aromatic nitrogens is 1. The monoisotopic (exact) mass is 226 g/mol. The van der Waals surface area contributed by atoms with Gasteiger partial charge in [0.15, 0.2) is 0 Å². The van der Waals surface area contributed by atoms with Gasteiger partial charge in [0.05, 0.1) is 10.7 Å². The third-order valence-corrected chi connectivity index (χ3v) is 3.01. The second-order valence-electron chi connectivity index (χ2n) is 3.99. The van der Waals surface area contributed by atoms with Crippen LogP contribution < -0.4 is 5.32 Å². The highest BCUT2D eigenvalue weighted by Crippen LogP contribution is 2.21. The lowest BCUT2D eigenvalue weighted by Crippen LogP contribution is -2.19. The van der Waals surface area contributed by atoms with E-state index in [1.165, 1.54) is 6.42 Å². The van der Waals surface area contributed by atoms with Crippen molar-refractivity contribution in [2.45, 2.75) is 32.7 Å². The molecule has 1 rings (SSSR count). The van der Waals surface area contributed by atoms with Crippen LogP contribution in [-0.2, 0) is 0 Å². The molecule has 0 saturated heterocycles. The maximum absolute atomic E-state index is 5.81. The van der Waals surface area contributed by atoms with Crippen molar-refractivity contribution in [2.75, 3.05) is 7.05 Å². The number of rotatable bonds is 5. The number of nitrogens with one attached hydrogen (secondary N) is 1. The summed E-state index contributed by atoms with van der Waals surface area (Å²) in [6.45, 7) is 4.48. The molecule has 2 atom stereocenters. The first-order valence-corrected chi connectivity index (χ1v) is 5.83.